The second-order valence-corrected chi connectivity index (χ2v) is 6.87. The van der Waals surface area contributed by atoms with Crippen molar-refractivity contribution in [1.29, 1.82) is 0 Å². The van der Waals surface area contributed by atoms with Crippen molar-refractivity contribution in [2.24, 2.45) is 5.92 Å². The third kappa shape index (κ3) is 4.16. The third-order valence-electron chi connectivity index (χ3n) is 5.35. The first-order valence-corrected chi connectivity index (χ1v) is 9.65. The molecule has 1 aromatic heterocycles. The summed E-state index contributed by atoms with van der Waals surface area (Å²) in [5, 5.41) is 4.37. The minimum atomic E-state index is 0.0736. The number of aromatic nitrogens is 1. The van der Waals surface area contributed by atoms with Crippen LogP contribution in [0.3, 0.4) is 0 Å². The minimum Gasteiger partial charge on any atom is -0.497 e. The number of aromatic amines is 1. The summed E-state index contributed by atoms with van der Waals surface area (Å²) in [6, 6.07) is 16.4. The Bertz CT molecular complexity index is 879. The summed E-state index contributed by atoms with van der Waals surface area (Å²) in [5.41, 5.74) is 3.46. The molecule has 0 radical (unpaired) electrons. The molecule has 0 fully saturated rings. The number of para-hydroxylation sites is 1. The fraction of sp³-hybridized carbons (Fsp3) is 0.348. The van der Waals surface area contributed by atoms with Crippen LogP contribution in [0.4, 0.5) is 0 Å². The van der Waals surface area contributed by atoms with Crippen LogP contribution < -0.4 is 10.1 Å². The Labute approximate surface area is 160 Å². The van der Waals surface area contributed by atoms with Gasteiger partial charge < -0.3 is 15.0 Å². The van der Waals surface area contributed by atoms with Crippen LogP contribution in [0.2, 0.25) is 0 Å². The van der Waals surface area contributed by atoms with Gasteiger partial charge in [-0.1, -0.05) is 44.2 Å². The maximum Gasteiger partial charge on any atom is 0.223 e. The molecule has 27 heavy (non-hydrogen) atoms. The summed E-state index contributed by atoms with van der Waals surface area (Å²) in [4.78, 5) is 15.9. The molecule has 0 saturated carbocycles. The molecule has 0 aliphatic carbocycles. The molecule has 1 atom stereocenters. The van der Waals surface area contributed by atoms with Gasteiger partial charge in [0, 0.05) is 35.5 Å². The number of fused-ring (bicyclic) bond motifs is 1. The molecule has 4 nitrogen and oxygen atoms in total. The number of rotatable bonds is 8. The highest BCUT2D eigenvalue weighted by Crippen LogP contribution is 2.31. The van der Waals surface area contributed by atoms with Crippen LogP contribution in [0.15, 0.2) is 54.7 Å². The lowest BCUT2D eigenvalue weighted by Gasteiger charge is -2.20. The summed E-state index contributed by atoms with van der Waals surface area (Å²) < 4.78 is 5.29. The van der Waals surface area contributed by atoms with Crippen molar-refractivity contribution in [3.05, 3.63) is 65.9 Å². The molecular formula is C23H28N2O2. The Morgan fingerprint density at radius 2 is 1.78 bits per heavy atom. The highest BCUT2D eigenvalue weighted by molar-refractivity contribution is 5.84. The van der Waals surface area contributed by atoms with Crippen LogP contribution in [0.1, 0.15) is 43.7 Å². The summed E-state index contributed by atoms with van der Waals surface area (Å²) in [6.45, 7) is 4.70. The predicted molar refractivity (Wildman–Crippen MR) is 110 cm³/mol. The molecular weight excluding hydrogens is 336 g/mol. The van der Waals surface area contributed by atoms with E-state index in [-0.39, 0.29) is 17.7 Å². The number of amides is 1. The zero-order valence-corrected chi connectivity index (χ0v) is 16.3. The molecule has 3 rings (SSSR count). The van der Waals surface area contributed by atoms with Crippen molar-refractivity contribution >= 4 is 16.8 Å². The zero-order chi connectivity index (χ0) is 19.2. The fourth-order valence-electron chi connectivity index (χ4n) is 3.63. The van der Waals surface area contributed by atoms with E-state index in [9.17, 15) is 4.79 Å². The van der Waals surface area contributed by atoms with Crippen LogP contribution in [-0.4, -0.2) is 24.5 Å². The number of hydrogen-bond acceptors (Lipinski definition) is 2. The van der Waals surface area contributed by atoms with E-state index in [0.29, 0.717) is 6.54 Å². The van der Waals surface area contributed by atoms with E-state index in [1.807, 2.05) is 24.3 Å². The molecule has 1 heterocycles. The number of methoxy groups -OCH3 is 1. The van der Waals surface area contributed by atoms with Crippen molar-refractivity contribution in [1.82, 2.24) is 10.3 Å². The fourth-order valence-corrected chi connectivity index (χ4v) is 3.63. The third-order valence-corrected chi connectivity index (χ3v) is 5.35. The first-order chi connectivity index (χ1) is 13.2. The van der Waals surface area contributed by atoms with Gasteiger partial charge in [0.15, 0.2) is 0 Å². The number of ether oxygens (including phenoxy) is 1. The lowest BCUT2D eigenvalue weighted by Crippen LogP contribution is -2.33. The predicted octanol–water partition coefficient (Wildman–Crippen LogP) is 4.86. The summed E-state index contributed by atoms with van der Waals surface area (Å²) in [6.07, 6.45) is 3.79. The number of nitrogens with one attached hydrogen (secondary N) is 2. The lowest BCUT2D eigenvalue weighted by atomic mass is 9.90. The summed E-state index contributed by atoms with van der Waals surface area (Å²) in [7, 11) is 1.67. The zero-order valence-electron chi connectivity index (χ0n) is 16.3. The number of benzene rings is 2. The molecule has 142 valence electrons. The van der Waals surface area contributed by atoms with E-state index in [2.05, 4.69) is 54.6 Å². The van der Waals surface area contributed by atoms with Gasteiger partial charge in [-0.05, 0) is 42.2 Å². The maximum absolute atomic E-state index is 12.5. The van der Waals surface area contributed by atoms with Gasteiger partial charge in [-0.2, -0.15) is 0 Å². The molecule has 0 saturated heterocycles. The molecule has 0 bridgehead atoms. The van der Waals surface area contributed by atoms with Crippen LogP contribution >= 0.6 is 0 Å². The van der Waals surface area contributed by atoms with Gasteiger partial charge in [-0.15, -0.1) is 0 Å². The van der Waals surface area contributed by atoms with E-state index >= 15 is 0 Å². The highest BCUT2D eigenvalue weighted by atomic mass is 16.5. The van der Waals surface area contributed by atoms with Gasteiger partial charge in [0.25, 0.3) is 0 Å². The Balaban J connectivity index is 1.92. The van der Waals surface area contributed by atoms with Crippen LogP contribution in [0, 0.1) is 5.92 Å². The normalized spacial score (nSPS) is 12.3. The van der Waals surface area contributed by atoms with E-state index in [4.69, 9.17) is 4.74 Å². The lowest BCUT2D eigenvalue weighted by molar-refractivity contribution is -0.125. The standard InChI is InChI=1S/C23H28N2O2/c1-4-16(5-2)23(26)25-14-20(17-10-12-18(27-3)13-11-17)21-15-24-22-9-7-6-8-19(21)22/h6-13,15-16,20,24H,4-5,14H2,1-3H3,(H,25,26)/t20-/m0/s1. The summed E-state index contributed by atoms with van der Waals surface area (Å²) in [5.74, 6) is 1.12. The molecule has 0 spiro atoms. The Hall–Kier alpha value is -2.75. The summed E-state index contributed by atoms with van der Waals surface area (Å²) >= 11 is 0. The van der Waals surface area contributed by atoms with Crippen LogP contribution in [0.25, 0.3) is 10.9 Å². The second kappa shape index (κ2) is 8.76. The van der Waals surface area contributed by atoms with Crippen molar-refractivity contribution in [2.45, 2.75) is 32.6 Å². The molecule has 4 heteroatoms. The molecule has 3 aromatic rings. The minimum absolute atomic E-state index is 0.0736. The second-order valence-electron chi connectivity index (χ2n) is 6.87. The molecule has 0 aliphatic heterocycles. The van der Waals surface area contributed by atoms with E-state index < -0.39 is 0 Å². The van der Waals surface area contributed by atoms with Crippen molar-refractivity contribution < 1.29 is 9.53 Å². The van der Waals surface area contributed by atoms with Gasteiger partial charge in [-0.25, -0.2) is 0 Å². The molecule has 0 aliphatic rings. The Morgan fingerprint density at radius 3 is 2.44 bits per heavy atom. The first-order valence-electron chi connectivity index (χ1n) is 9.65. The number of hydrogen-bond donors (Lipinski definition) is 2. The number of carbonyl (C=O) groups is 1. The quantitative estimate of drug-likeness (QED) is 0.600. The highest BCUT2D eigenvalue weighted by Gasteiger charge is 2.21. The van der Waals surface area contributed by atoms with E-state index in [1.165, 1.54) is 10.9 Å². The van der Waals surface area contributed by atoms with Gasteiger partial charge in [0.1, 0.15) is 5.75 Å². The first kappa shape index (κ1) is 19.0. The van der Waals surface area contributed by atoms with Gasteiger partial charge in [0.05, 0.1) is 7.11 Å². The monoisotopic (exact) mass is 364 g/mol. The average Bonchev–Trinajstić information content (AvgIpc) is 3.13. The maximum atomic E-state index is 12.5. The molecule has 2 aromatic carbocycles. The SMILES string of the molecule is CCC(CC)C(=O)NC[C@@H](c1ccc(OC)cc1)c1c[nH]c2ccccc12. The molecule has 0 unspecified atom stereocenters. The van der Waals surface area contributed by atoms with Gasteiger partial charge in [0.2, 0.25) is 5.91 Å². The van der Waals surface area contributed by atoms with Crippen molar-refractivity contribution in [2.75, 3.05) is 13.7 Å². The number of carbonyl (C=O) groups excluding carboxylic acids is 1. The number of H-pyrrole nitrogens is 1. The van der Waals surface area contributed by atoms with Gasteiger partial charge in [-0.3, -0.25) is 4.79 Å². The van der Waals surface area contributed by atoms with E-state index in [1.54, 1.807) is 7.11 Å². The van der Waals surface area contributed by atoms with Crippen molar-refractivity contribution in [3.63, 3.8) is 0 Å². The Morgan fingerprint density at radius 1 is 1.07 bits per heavy atom. The Kier molecular flexibility index (Phi) is 6.17. The average molecular weight is 364 g/mol. The largest absolute Gasteiger partial charge is 0.497 e. The van der Waals surface area contributed by atoms with Gasteiger partial charge >= 0.3 is 0 Å². The molecule has 1 amide bonds. The molecule has 2 N–H and O–H groups in total. The van der Waals surface area contributed by atoms with Crippen LogP contribution in [0.5, 0.6) is 5.75 Å². The smallest absolute Gasteiger partial charge is 0.223 e. The van der Waals surface area contributed by atoms with Crippen molar-refractivity contribution in [3.8, 4) is 5.75 Å². The topological polar surface area (TPSA) is 54.1 Å². The van der Waals surface area contributed by atoms with Crippen LogP contribution in [-0.2, 0) is 4.79 Å². The van der Waals surface area contributed by atoms with E-state index in [0.717, 1.165) is 29.7 Å².